The molecule has 1 unspecified atom stereocenters. The van der Waals surface area contributed by atoms with Gasteiger partial charge in [-0.1, -0.05) is 89.6 Å². The Bertz CT molecular complexity index is 3070. The summed E-state index contributed by atoms with van der Waals surface area (Å²) in [5.74, 6) is -11.6. The minimum atomic E-state index is -2.57. The minimum absolute atomic E-state index is 0.00918. The summed E-state index contributed by atoms with van der Waals surface area (Å²) < 4.78 is 36.2. The first-order valence-corrected chi connectivity index (χ1v) is 34.7. The van der Waals surface area contributed by atoms with Gasteiger partial charge in [-0.3, -0.25) is 48.6 Å². The molecule has 98 heavy (non-hydrogen) atoms. The van der Waals surface area contributed by atoms with Crippen molar-refractivity contribution < 1.29 is 91.4 Å². The van der Waals surface area contributed by atoms with Crippen molar-refractivity contribution in [3.63, 3.8) is 0 Å². The first-order chi connectivity index (χ1) is 46.5. The molecule has 4 heterocycles. The van der Waals surface area contributed by atoms with Gasteiger partial charge in [0.25, 0.3) is 23.5 Å². The number of urea groups is 1. The number of hydrogen-bond donors (Lipinski definition) is 6. The first kappa shape index (κ1) is 79.7. The number of amides is 7. The number of esters is 1. The third-order valence-electron chi connectivity index (χ3n) is 20.0. The smallest absolute Gasteiger partial charge is 0.409 e. The number of ether oxygens (including phenoxy) is 6. The molecule has 16 atom stereocenters. The molecule has 0 aromatic heterocycles. The van der Waals surface area contributed by atoms with Gasteiger partial charge in [-0.2, -0.15) is 0 Å². The van der Waals surface area contributed by atoms with Crippen LogP contribution < -0.4 is 21.7 Å². The number of carbonyl (C=O) groups excluding carboxylic acids is 11. The summed E-state index contributed by atoms with van der Waals surface area (Å²) in [4.78, 5) is 149. The molecule has 7 amide bonds. The number of aliphatic hydroxyl groups is 2. The maximum absolute atomic E-state index is 14.7. The number of Topliss-reactive ketones (excluding diaryl/α,β-unsaturated/α-hetero) is 4. The molecule has 3 fully saturated rings. The van der Waals surface area contributed by atoms with E-state index in [2.05, 4.69) is 22.5 Å². The van der Waals surface area contributed by atoms with Gasteiger partial charge >= 0.3 is 18.1 Å². The van der Waals surface area contributed by atoms with Crippen LogP contribution in [-0.4, -0.2) is 180 Å². The molecule has 1 aromatic rings. The number of nitrogens with zero attached hydrogens (tertiary/aromatic N) is 2. The maximum atomic E-state index is 14.7. The topological polar surface area (TPSA) is 352 Å². The molecular formula is C73H106N6O19. The average Bonchev–Trinajstić information content (AvgIpc) is 0.804. The van der Waals surface area contributed by atoms with E-state index >= 15 is 0 Å². The number of carbonyl (C=O) groups is 11. The van der Waals surface area contributed by atoms with E-state index in [9.17, 15) is 63.0 Å². The van der Waals surface area contributed by atoms with E-state index in [-0.39, 0.29) is 125 Å². The second kappa shape index (κ2) is 37.8. The molecule has 6 rings (SSSR count). The number of nitrogens with one attached hydrogen (secondary N) is 3. The zero-order valence-corrected chi connectivity index (χ0v) is 58.8. The number of nitrogens with two attached hydrogens (primary N) is 1. The molecule has 1 aromatic carbocycles. The fourth-order valence-corrected chi connectivity index (χ4v) is 14.1. The summed E-state index contributed by atoms with van der Waals surface area (Å²) in [6.45, 7) is 18.4. The van der Waals surface area contributed by atoms with Crippen LogP contribution in [0, 0.1) is 47.3 Å². The number of benzene rings is 1. The van der Waals surface area contributed by atoms with Gasteiger partial charge in [-0.15, -0.1) is 6.58 Å². The second-order valence-electron chi connectivity index (χ2n) is 28.0. The third kappa shape index (κ3) is 22.4. The van der Waals surface area contributed by atoms with Crippen molar-refractivity contribution in [3.8, 4) is 0 Å². The summed E-state index contributed by atoms with van der Waals surface area (Å²) in [5, 5.41) is 32.2. The lowest BCUT2D eigenvalue weighted by Crippen LogP contribution is -2.64. The summed E-state index contributed by atoms with van der Waals surface area (Å²) >= 11 is 0. The number of fused-ring (bicyclic) bond motifs is 3. The van der Waals surface area contributed by atoms with Gasteiger partial charge in [0.2, 0.25) is 11.7 Å². The fourth-order valence-electron chi connectivity index (χ4n) is 14.1. The molecular weight excluding hydrogens is 1260 g/mol. The van der Waals surface area contributed by atoms with Crippen molar-refractivity contribution in [2.75, 3.05) is 40.6 Å². The van der Waals surface area contributed by atoms with E-state index in [0.29, 0.717) is 74.5 Å². The van der Waals surface area contributed by atoms with Gasteiger partial charge in [-0.05, 0) is 131 Å². The number of primary amides is 1. The van der Waals surface area contributed by atoms with Gasteiger partial charge in [0.1, 0.15) is 43.2 Å². The van der Waals surface area contributed by atoms with Crippen LogP contribution in [0.5, 0.6) is 0 Å². The van der Waals surface area contributed by atoms with Gasteiger partial charge in [0.05, 0.1) is 30.5 Å². The molecule has 1 aliphatic carbocycles. The Balaban J connectivity index is 1.06. The van der Waals surface area contributed by atoms with E-state index in [0.717, 1.165) is 27.5 Å². The van der Waals surface area contributed by atoms with Crippen LogP contribution in [0.15, 0.2) is 72.4 Å². The predicted molar refractivity (Wildman–Crippen MR) is 360 cm³/mol. The fraction of sp³-hybridized carbons (Fsp3) is 0.658. The molecule has 0 spiro atoms. The minimum Gasteiger partial charge on any atom is -0.456 e. The highest BCUT2D eigenvalue weighted by Gasteiger charge is 2.57. The Morgan fingerprint density at radius 3 is 2.19 bits per heavy atom. The highest BCUT2D eigenvalue weighted by atomic mass is 16.7. The van der Waals surface area contributed by atoms with Crippen LogP contribution in [-0.2, 0) is 84.6 Å². The van der Waals surface area contributed by atoms with Crippen molar-refractivity contribution in [2.45, 2.75) is 219 Å². The number of piperidine rings is 1. The van der Waals surface area contributed by atoms with Crippen molar-refractivity contribution >= 4 is 64.9 Å². The number of ketones is 4. The maximum Gasteiger partial charge on any atom is 0.409 e. The van der Waals surface area contributed by atoms with Crippen LogP contribution >= 0.6 is 0 Å². The lowest BCUT2D eigenvalue weighted by molar-refractivity contribution is -0.302. The van der Waals surface area contributed by atoms with E-state index in [1.54, 1.807) is 58.0 Å². The Kier molecular flexibility index (Phi) is 30.7. The number of aliphatic hydroxyl groups excluding tert-OH is 1. The Morgan fingerprint density at radius 1 is 0.878 bits per heavy atom. The Labute approximate surface area is 576 Å². The number of methoxy groups -OCH3 is 2. The normalized spacial score (nSPS) is 29.9. The first-order valence-electron chi connectivity index (χ1n) is 34.7. The van der Waals surface area contributed by atoms with Gasteiger partial charge in [0, 0.05) is 95.4 Å². The van der Waals surface area contributed by atoms with Crippen molar-refractivity contribution in [1.29, 1.82) is 0 Å². The molecule has 1 saturated carbocycles. The highest BCUT2D eigenvalue weighted by molar-refractivity contribution is 6.39. The number of rotatable bonds is 26. The van der Waals surface area contributed by atoms with Gasteiger partial charge in [0.15, 0.2) is 5.78 Å². The number of imide groups is 1. The van der Waals surface area contributed by atoms with Gasteiger partial charge < -0.3 is 59.9 Å². The number of alkyl carbamates (subject to hydrolysis) is 1. The zero-order chi connectivity index (χ0) is 72.1. The molecule has 2 bridgehead atoms. The lowest BCUT2D eigenvalue weighted by atomic mass is 9.78. The molecule has 25 nitrogen and oxygen atoms in total. The summed E-state index contributed by atoms with van der Waals surface area (Å²) in [7, 11) is 3.02. The summed E-state index contributed by atoms with van der Waals surface area (Å²) in [5.41, 5.74) is 8.01. The van der Waals surface area contributed by atoms with Crippen LogP contribution in [0.4, 0.5) is 9.59 Å². The molecule has 0 radical (unpaired) electrons. The van der Waals surface area contributed by atoms with Crippen molar-refractivity contribution in [1.82, 2.24) is 25.8 Å². The summed E-state index contributed by atoms with van der Waals surface area (Å²) in [6.07, 6.45) is 6.68. The second-order valence-corrected chi connectivity index (χ2v) is 28.0. The van der Waals surface area contributed by atoms with Gasteiger partial charge in [-0.25, -0.2) is 14.4 Å². The number of hydrogen-bond acceptors (Lipinski definition) is 19. The van der Waals surface area contributed by atoms with Crippen LogP contribution in [0.1, 0.15) is 163 Å². The third-order valence-corrected chi connectivity index (χ3v) is 20.0. The standard InChI is InChI=1S/C73H106N6O19/c1-12-16-52-32-43(4)31-44(5)33-61(93-10)66-62(94-11)36-47(8)73(92,98-66)67(86)69(88)78-29-14-13-18-56(78)70(89)97-65(48(9)57(81)39-58(52)82)46(7)35-51-23-24-60(45(6)34-51)96-41-76-72(91)95-40-50-21-19-49(20-22-50)37-59(83)55(17-15-28-75-71(74)90)77-68(87)54(42(2)3)38-53(80)27-30-79-63(84)25-26-64(79)85/h12,19-22,25-26,32,35,42,44-45,47-48,51-52,54-57,60-62,65-66,81,92H,1,13-18,23-24,27-31,33-34,36-41H2,2-11H3,(H,76,91)(H,77,87)(H3,74,75,90)/b43-32+,46-35+/t44-,45+,47+,48+,51?,52+,54-,55-,56-,57-,60+,61-,62-,65+,66+,73+/m0/s1. The van der Waals surface area contributed by atoms with Crippen LogP contribution in [0.3, 0.4) is 0 Å². The molecule has 25 heteroatoms. The monoisotopic (exact) mass is 1370 g/mol. The quantitative estimate of drug-likeness (QED) is 0.0139. The molecule has 7 N–H and O–H groups in total. The Morgan fingerprint density at radius 2 is 1.55 bits per heavy atom. The Hall–Kier alpha value is -7.29. The molecule has 2 saturated heterocycles. The lowest BCUT2D eigenvalue weighted by Gasteiger charge is -2.47. The van der Waals surface area contributed by atoms with E-state index in [1.807, 2.05) is 39.8 Å². The molecule has 542 valence electrons. The predicted octanol–water partition coefficient (Wildman–Crippen LogP) is 6.76. The van der Waals surface area contributed by atoms with Crippen LogP contribution in [0.2, 0.25) is 0 Å². The van der Waals surface area contributed by atoms with E-state index in [1.165, 1.54) is 14.2 Å². The van der Waals surface area contributed by atoms with E-state index in [4.69, 9.17) is 34.2 Å². The average molecular weight is 1370 g/mol. The highest BCUT2D eigenvalue weighted by Crippen LogP contribution is 2.40. The number of allylic oxidation sites excluding steroid dienone is 4. The van der Waals surface area contributed by atoms with E-state index < -0.39 is 120 Å². The summed E-state index contributed by atoms with van der Waals surface area (Å²) in [6, 6.07) is 3.87. The molecule has 4 aliphatic heterocycles. The number of cyclic esters (lactones) is 1. The van der Waals surface area contributed by atoms with Crippen molar-refractivity contribution in [3.05, 3.63) is 83.5 Å². The SMILES string of the molecule is C=CC[C@@H]1/C=C(\C)C[C@H](C)C[C@H](OC)[C@H]2O[C@@](O)(C(=O)C(=O)N3CCCC[C@H]3C(=O)O[C@H](/C(C)=C/C3CC[C@@H](OCNC(=O)OCc4ccc(CC(=O)[C@H](CCCNC(N)=O)NC(=O)[C@@H](CC(=O)CCN5C(=O)C=CC5=O)C(C)C)cc4)[C@H](C)C3)[C@H](C)[C@@H](O)CC1=O)[C@H](C)C[C@@H]2OC. The molecule has 5 aliphatic rings. The zero-order valence-electron chi connectivity index (χ0n) is 58.8. The largest absolute Gasteiger partial charge is 0.456 e. The van der Waals surface area contributed by atoms with Crippen molar-refractivity contribution in [2.24, 2.45) is 53.1 Å². The van der Waals surface area contributed by atoms with Crippen LogP contribution in [0.25, 0.3) is 0 Å².